The van der Waals surface area contributed by atoms with E-state index in [1.165, 1.54) is 17.5 Å². The largest absolute Gasteiger partial charge is 0.366 e. The standard InChI is InChI=1S/C13H13ClN4O2S/c14-11-2-1-10(21-11)13(20)17-4-3-9(7-17)18-6-8(5-16-18)12(15)19/h1-2,5-6,9H,3-4,7H2,(H2,15,19). The summed E-state index contributed by atoms with van der Waals surface area (Å²) in [6, 6.07) is 3.53. The minimum absolute atomic E-state index is 0.0170. The number of primary amides is 1. The molecule has 0 spiro atoms. The normalized spacial score (nSPS) is 18.1. The summed E-state index contributed by atoms with van der Waals surface area (Å²) in [5.74, 6) is -0.517. The monoisotopic (exact) mass is 324 g/mol. The number of hydrogen-bond donors (Lipinski definition) is 1. The Hall–Kier alpha value is -1.86. The molecular weight excluding hydrogens is 312 g/mol. The van der Waals surface area contributed by atoms with Crippen molar-refractivity contribution in [3.63, 3.8) is 0 Å². The van der Waals surface area contributed by atoms with Crippen LogP contribution in [0.25, 0.3) is 0 Å². The zero-order valence-corrected chi connectivity index (χ0v) is 12.6. The maximum absolute atomic E-state index is 12.3. The third-order valence-corrected chi connectivity index (χ3v) is 4.71. The first kappa shape index (κ1) is 14.1. The maximum Gasteiger partial charge on any atom is 0.264 e. The van der Waals surface area contributed by atoms with Gasteiger partial charge >= 0.3 is 0 Å². The number of nitrogens with zero attached hydrogens (tertiary/aromatic N) is 3. The van der Waals surface area contributed by atoms with Gasteiger partial charge in [-0.05, 0) is 18.6 Å². The number of thiophene rings is 1. The topological polar surface area (TPSA) is 81.2 Å². The van der Waals surface area contributed by atoms with Gasteiger partial charge in [-0.3, -0.25) is 14.3 Å². The number of aromatic nitrogens is 2. The number of rotatable bonds is 3. The summed E-state index contributed by atoms with van der Waals surface area (Å²) in [4.78, 5) is 25.8. The predicted molar refractivity (Wildman–Crippen MR) is 79.6 cm³/mol. The molecule has 0 aromatic carbocycles. The summed E-state index contributed by atoms with van der Waals surface area (Å²) in [6.45, 7) is 1.22. The lowest BCUT2D eigenvalue weighted by Gasteiger charge is -2.15. The van der Waals surface area contributed by atoms with Crippen molar-refractivity contribution in [2.75, 3.05) is 13.1 Å². The average Bonchev–Trinajstić information content (AvgIpc) is 3.17. The van der Waals surface area contributed by atoms with E-state index in [1.807, 2.05) is 0 Å². The Labute approximate surface area is 130 Å². The highest BCUT2D eigenvalue weighted by Gasteiger charge is 2.29. The molecule has 1 atom stereocenters. The van der Waals surface area contributed by atoms with Gasteiger partial charge in [0.15, 0.2) is 0 Å². The molecule has 1 fully saturated rings. The van der Waals surface area contributed by atoms with Crippen LogP contribution in [0.1, 0.15) is 32.5 Å². The first-order valence-corrected chi connectivity index (χ1v) is 7.62. The molecule has 1 aliphatic rings. The Morgan fingerprint density at radius 2 is 2.24 bits per heavy atom. The first-order chi connectivity index (χ1) is 10.0. The molecule has 1 saturated heterocycles. The van der Waals surface area contributed by atoms with Crippen molar-refractivity contribution in [3.8, 4) is 0 Å². The van der Waals surface area contributed by atoms with E-state index in [0.717, 1.165) is 6.42 Å². The van der Waals surface area contributed by atoms with Crippen LogP contribution >= 0.6 is 22.9 Å². The Kier molecular flexibility index (Phi) is 3.69. The molecule has 1 unspecified atom stereocenters. The smallest absolute Gasteiger partial charge is 0.264 e. The van der Waals surface area contributed by atoms with Gasteiger partial charge in [-0.25, -0.2) is 0 Å². The number of hydrogen-bond acceptors (Lipinski definition) is 4. The van der Waals surface area contributed by atoms with Crippen LogP contribution in [-0.4, -0.2) is 39.6 Å². The summed E-state index contributed by atoms with van der Waals surface area (Å²) in [5, 5.41) is 4.15. The first-order valence-electron chi connectivity index (χ1n) is 6.43. The fraction of sp³-hybridized carbons (Fsp3) is 0.308. The summed E-state index contributed by atoms with van der Waals surface area (Å²) < 4.78 is 2.31. The van der Waals surface area contributed by atoms with Gasteiger partial charge in [-0.15, -0.1) is 11.3 Å². The summed E-state index contributed by atoms with van der Waals surface area (Å²) >= 11 is 7.14. The minimum Gasteiger partial charge on any atom is -0.366 e. The molecule has 2 amide bonds. The number of halogens is 1. The molecule has 8 heteroatoms. The van der Waals surface area contributed by atoms with Crippen molar-refractivity contribution in [1.29, 1.82) is 0 Å². The molecule has 6 nitrogen and oxygen atoms in total. The van der Waals surface area contributed by atoms with Crippen molar-refractivity contribution in [3.05, 3.63) is 39.3 Å². The summed E-state index contributed by atoms with van der Waals surface area (Å²) in [5.41, 5.74) is 5.59. The second-order valence-electron chi connectivity index (χ2n) is 4.87. The highest BCUT2D eigenvalue weighted by atomic mass is 35.5. The lowest BCUT2D eigenvalue weighted by Crippen LogP contribution is -2.28. The van der Waals surface area contributed by atoms with Crippen molar-refractivity contribution in [1.82, 2.24) is 14.7 Å². The average molecular weight is 325 g/mol. The van der Waals surface area contributed by atoms with E-state index in [9.17, 15) is 9.59 Å². The highest BCUT2D eigenvalue weighted by molar-refractivity contribution is 7.17. The van der Waals surface area contributed by atoms with Crippen LogP contribution in [0.3, 0.4) is 0 Å². The molecular formula is C13H13ClN4O2S. The minimum atomic E-state index is -0.500. The predicted octanol–water partition coefficient (Wildman–Crippen LogP) is 1.78. The number of carbonyl (C=O) groups is 2. The molecule has 0 radical (unpaired) electrons. The molecule has 0 bridgehead atoms. The van der Waals surface area contributed by atoms with Crippen LogP contribution in [0.5, 0.6) is 0 Å². The maximum atomic E-state index is 12.3. The van der Waals surface area contributed by atoms with Crippen LogP contribution in [0.2, 0.25) is 4.34 Å². The van der Waals surface area contributed by atoms with Gasteiger partial charge in [-0.2, -0.15) is 5.10 Å². The molecule has 2 aromatic rings. The zero-order valence-electron chi connectivity index (χ0n) is 11.0. The summed E-state index contributed by atoms with van der Waals surface area (Å²) in [6.07, 6.45) is 3.87. The SMILES string of the molecule is NC(=O)c1cnn(C2CCN(C(=O)c3ccc(Cl)s3)C2)c1. The lowest BCUT2D eigenvalue weighted by molar-refractivity contribution is 0.0791. The van der Waals surface area contributed by atoms with Gasteiger partial charge in [0.1, 0.15) is 0 Å². The van der Waals surface area contributed by atoms with Crippen LogP contribution < -0.4 is 5.73 Å². The molecule has 110 valence electrons. The Morgan fingerprint density at radius 3 is 2.86 bits per heavy atom. The number of amides is 2. The van der Waals surface area contributed by atoms with Crippen molar-refractivity contribution in [2.24, 2.45) is 5.73 Å². The van der Waals surface area contributed by atoms with Crippen molar-refractivity contribution in [2.45, 2.75) is 12.5 Å². The van der Waals surface area contributed by atoms with Gasteiger partial charge in [0.05, 0.1) is 27.0 Å². The molecule has 21 heavy (non-hydrogen) atoms. The zero-order chi connectivity index (χ0) is 15.0. The molecule has 2 aromatic heterocycles. The molecule has 1 aliphatic heterocycles. The van der Waals surface area contributed by atoms with Crippen LogP contribution in [0.4, 0.5) is 0 Å². The van der Waals surface area contributed by atoms with E-state index in [-0.39, 0.29) is 11.9 Å². The lowest BCUT2D eigenvalue weighted by atomic mass is 10.2. The highest BCUT2D eigenvalue weighted by Crippen LogP contribution is 2.27. The van der Waals surface area contributed by atoms with E-state index in [1.54, 1.807) is 27.9 Å². The summed E-state index contributed by atoms with van der Waals surface area (Å²) in [7, 11) is 0. The molecule has 2 N–H and O–H groups in total. The Bertz CT molecular complexity index is 696. The number of carbonyl (C=O) groups excluding carboxylic acids is 2. The molecule has 3 heterocycles. The van der Waals surface area contributed by atoms with Crippen molar-refractivity contribution >= 4 is 34.8 Å². The Balaban J connectivity index is 1.70. The van der Waals surface area contributed by atoms with E-state index in [2.05, 4.69) is 5.10 Å². The van der Waals surface area contributed by atoms with Gasteiger partial charge in [0, 0.05) is 19.3 Å². The van der Waals surface area contributed by atoms with Crippen LogP contribution in [0.15, 0.2) is 24.5 Å². The molecule has 3 rings (SSSR count). The van der Waals surface area contributed by atoms with Crippen LogP contribution in [0, 0.1) is 0 Å². The molecule has 0 saturated carbocycles. The quantitative estimate of drug-likeness (QED) is 0.934. The van der Waals surface area contributed by atoms with Gasteiger partial charge in [0.25, 0.3) is 11.8 Å². The van der Waals surface area contributed by atoms with E-state index < -0.39 is 5.91 Å². The number of nitrogens with two attached hydrogens (primary N) is 1. The van der Waals surface area contributed by atoms with E-state index in [4.69, 9.17) is 17.3 Å². The third-order valence-electron chi connectivity index (χ3n) is 3.49. The van der Waals surface area contributed by atoms with Gasteiger partial charge < -0.3 is 10.6 Å². The van der Waals surface area contributed by atoms with Gasteiger partial charge in [0.2, 0.25) is 0 Å². The fourth-order valence-corrected chi connectivity index (χ4v) is 3.40. The second-order valence-corrected chi connectivity index (χ2v) is 6.59. The third kappa shape index (κ3) is 2.79. The van der Waals surface area contributed by atoms with E-state index in [0.29, 0.717) is 27.9 Å². The van der Waals surface area contributed by atoms with Gasteiger partial charge in [-0.1, -0.05) is 11.6 Å². The van der Waals surface area contributed by atoms with E-state index >= 15 is 0 Å². The molecule has 0 aliphatic carbocycles. The Morgan fingerprint density at radius 1 is 1.43 bits per heavy atom. The second kappa shape index (κ2) is 5.50. The fourth-order valence-electron chi connectivity index (χ4n) is 2.39. The number of likely N-dealkylation sites (tertiary alicyclic amines) is 1. The van der Waals surface area contributed by atoms with Crippen molar-refractivity contribution < 1.29 is 9.59 Å². The van der Waals surface area contributed by atoms with Crippen LogP contribution in [-0.2, 0) is 0 Å².